The number of nitrogens with one attached hydrogen (secondary N) is 2. The van der Waals surface area contributed by atoms with Crippen molar-refractivity contribution >= 4 is 15.9 Å². The van der Waals surface area contributed by atoms with E-state index in [4.69, 9.17) is 0 Å². The summed E-state index contributed by atoms with van der Waals surface area (Å²) in [6, 6.07) is 0. The Morgan fingerprint density at radius 3 is 2.46 bits per heavy atom. The number of hydrogen-bond donors (Lipinski definition) is 2. The van der Waals surface area contributed by atoms with E-state index >= 15 is 0 Å². The van der Waals surface area contributed by atoms with Gasteiger partial charge in [0.2, 0.25) is 15.9 Å². The topological polar surface area (TPSA) is 84.5 Å². The Labute approximate surface area is 152 Å². The van der Waals surface area contributed by atoms with E-state index in [0.717, 1.165) is 18.2 Å². The summed E-state index contributed by atoms with van der Waals surface area (Å²) in [5, 5.41) is 2.00. The monoisotopic (exact) mass is 398 g/mol. The van der Waals surface area contributed by atoms with Crippen LogP contribution in [0, 0.1) is 0 Å². The van der Waals surface area contributed by atoms with Crippen LogP contribution in [-0.2, 0) is 19.6 Å². The van der Waals surface area contributed by atoms with Crippen LogP contribution in [0.4, 0.5) is 13.2 Å². The minimum atomic E-state index is -4.81. The average Bonchev–Trinajstić information content (AvgIpc) is 2.49. The third kappa shape index (κ3) is 12.5. The number of halogens is 3. The van der Waals surface area contributed by atoms with Crippen molar-refractivity contribution in [2.75, 3.05) is 13.1 Å². The Kier molecular flexibility index (Phi) is 10.9. The lowest BCUT2D eigenvalue weighted by Crippen LogP contribution is -2.31. The molecule has 150 valence electrons. The van der Waals surface area contributed by atoms with Gasteiger partial charge in [-0.3, -0.25) is 4.79 Å². The highest BCUT2D eigenvalue weighted by atomic mass is 32.2. The van der Waals surface area contributed by atoms with Crippen LogP contribution < -0.4 is 10.0 Å². The molecule has 0 fully saturated rings. The van der Waals surface area contributed by atoms with Crippen LogP contribution in [0.2, 0.25) is 0 Å². The lowest BCUT2D eigenvalue weighted by Gasteiger charge is -2.09. The maximum atomic E-state index is 12.1. The molecule has 0 aliphatic rings. The van der Waals surface area contributed by atoms with Crippen LogP contribution in [0.5, 0.6) is 0 Å². The second-order valence-electron chi connectivity index (χ2n) is 5.50. The highest BCUT2D eigenvalue weighted by Gasteiger charge is 2.31. The number of sulfonamides is 1. The van der Waals surface area contributed by atoms with Crippen LogP contribution in [-0.4, -0.2) is 39.0 Å². The van der Waals surface area contributed by atoms with Crippen molar-refractivity contribution in [3.63, 3.8) is 0 Å². The van der Waals surface area contributed by atoms with E-state index in [9.17, 15) is 26.4 Å². The van der Waals surface area contributed by atoms with Crippen molar-refractivity contribution < 1.29 is 31.1 Å². The summed E-state index contributed by atoms with van der Waals surface area (Å²) in [6.45, 7) is 6.71. The molecule has 0 heterocycles. The van der Waals surface area contributed by atoms with Gasteiger partial charge in [0.05, 0.1) is 5.25 Å². The van der Waals surface area contributed by atoms with Crippen molar-refractivity contribution in [3.8, 4) is 0 Å². The smallest absolute Gasteiger partial charge is 0.406 e. The normalized spacial score (nSPS) is 13.2. The lowest BCUT2D eigenvalue weighted by molar-refractivity contribution is -0.303. The Morgan fingerprint density at radius 1 is 1.27 bits per heavy atom. The second kappa shape index (κ2) is 11.7. The fraction of sp³-hybridized carbons (Fsp3) is 0.562. The van der Waals surface area contributed by atoms with Crippen molar-refractivity contribution in [2.45, 2.75) is 44.7 Å². The maximum absolute atomic E-state index is 12.1. The summed E-state index contributed by atoms with van der Waals surface area (Å²) in [6.07, 6.45) is 0.953. The molecule has 10 heteroatoms. The van der Waals surface area contributed by atoms with Crippen molar-refractivity contribution in [2.24, 2.45) is 0 Å². The molecule has 1 amide bonds. The predicted molar refractivity (Wildman–Crippen MR) is 93.5 cm³/mol. The van der Waals surface area contributed by atoms with Gasteiger partial charge >= 0.3 is 6.36 Å². The molecule has 0 saturated heterocycles. The standard InChI is InChI=1S/C16H25F3N2O4S/c1-4-8-14(25-16(17,18)19)9-7-11-20-15(22)10-5-6-12-21-26(23,24)13(2)3/h4,7-9,13,21H,1,5-6,10-12H2,2-3H3,(H,20,22)/b9-7-,14-8+. The Hall–Kier alpha value is -1.81. The summed E-state index contributed by atoms with van der Waals surface area (Å²) in [7, 11) is -3.31. The molecule has 0 atom stereocenters. The summed E-state index contributed by atoms with van der Waals surface area (Å²) in [4.78, 5) is 11.6. The number of unbranched alkanes of at least 4 members (excludes halogenated alkanes) is 1. The number of carbonyl (C=O) groups is 1. The summed E-state index contributed by atoms with van der Waals surface area (Å²) in [5.41, 5.74) is 0. The Balaban J connectivity index is 4.05. The first-order chi connectivity index (χ1) is 12.0. The number of ether oxygens (including phenoxy) is 1. The van der Waals surface area contributed by atoms with Crippen molar-refractivity contribution in [3.05, 3.63) is 36.6 Å². The molecule has 0 radical (unpaired) electrons. The van der Waals surface area contributed by atoms with Gasteiger partial charge in [-0.2, -0.15) is 0 Å². The van der Waals surface area contributed by atoms with Gasteiger partial charge in [-0.25, -0.2) is 13.1 Å². The fourth-order valence-corrected chi connectivity index (χ4v) is 2.36. The van der Waals surface area contributed by atoms with E-state index in [1.165, 1.54) is 6.08 Å². The maximum Gasteiger partial charge on any atom is 0.573 e. The number of rotatable bonds is 12. The van der Waals surface area contributed by atoms with Gasteiger partial charge in [-0.15, -0.1) is 13.2 Å². The lowest BCUT2D eigenvalue weighted by atomic mass is 10.2. The molecule has 0 unspecified atom stereocenters. The van der Waals surface area contributed by atoms with E-state index in [1.807, 2.05) is 0 Å². The second-order valence-corrected chi connectivity index (χ2v) is 7.83. The Morgan fingerprint density at radius 2 is 1.92 bits per heavy atom. The first-order valence-corrected chi connectivity index (χ1v) is 9.52. The third-order valence-corrected chi connectivity index (χ3v) is 4.82. The van der Waals surface area contributed by atoms with Crippen molar-refractivity contribution in [1.29, 1.82) is 0 Å². The zero-order chi connectivity index (χ0) is 20.2. The molecule has 2 N–H and O–H groups in total. The van der Waals surface area contributed by atoms with E-state index in [-0.39, 0.29) is 25.4 Å². The van der Waals surface area contributed by atoms with E-state index in [2.05, 4.69) is 21.4 Å². The van der Waals surface area contributed by atoms with Gasteiger partial charge in [0, 0.05) is 19.5 Å². The van der Waals surface area contributed by atoms with Crippen LogP contribution >= 0.6 is 0 Å². The molecule has 0 bridgehead atoms. The third-order valence-electron chi connectivity index (χ3n) is 2.97. The summed E-state index contributed by atoms with van der Waals surface area (Å²) < 4.78 is 65.6. The quantitative estimate of drug-likeness (QED) is 0.301. The van der Waals surface area contributed by atoms with E-state index in [1.54, 1.807) is 13.8 Å². The molecule has 0 spiro atoms. The molecule has 0 aromatic rings. The van der Waals surface area contributed by atoms with Gasteiger partial charge in [-0.1, -0.05) is 18.7 Å². The zero-order valence-electron chi connectivity index (χ0n) is 14.8. The molecular formula is C16H25F3N2O4S. The van der Waals surface area contributed by atoms with Crippen molar-refractivity contribution in [1.82, 2.24) is 10.0 Å². The number of alkyl halides is 3. The zero-order valence-corrected chi connectivity index (χ0v) is 15.6. The first-order valence-electron chi connectivity index (χ1n) is 7.98. The van der Waals surface area contributed by atoms with Crippen LogP contribution in [0.15, 0.2) is 36.6 Å². The van der Waals surface area contributed by atoms with Gasteiger partial charge in [0.25, 0.3) is 0 Å². The van der Waals surface area contributed by atoms with Crippen LogP contribution in [0.25, 0.3) is 0 Å². The molecule has 0 saturated carbocycles. The van der Waals surface area contributed by atoms with Gasteiger partial charge in [0.15, 0.2) is 0 Å². The highest BCUT2D eigenvalue weighted by Crippen LogP contribution is 2.21. The number of allylic oxidation sites excluding steroid dienone is 3. The number of amides is 1. The molecule has 0 aliphatic carbocycles. The van der Waals surface area contributed by atoms with Gasteiger partial charge < -0.3 is 10.1 Å². The number of carbonyl (C=O) groups excluding carboxylic acids is 1. The van der Waals surface area contributed by atoms with Crippen LogP contribution in [0.3, 0.4) is 0 Å². The molecule has 26 heavy (non-hydrogen) atoms. The summed E-state index contributed by atoms with van der Waals surface area (Å²) in [5.74, 6) is -0.730. The first kappa shape index (κ1) is 24.2. The molecule has 0 aromatic carbocycles. The average molecular weight is 398 g/mol. The van der Waals surface area contributed by atoms with E-state index in [0.29, 0.717) is 12.8 Å². The molecule has 0 aliphatic heterocycles. The van der Waals surface area contributed by atoms with Gasteiger partial charge in [-0.05, 0) is 38.8 Å². The minimum absolute atomic E-state index is 0.0362. The van der Waals surface area contributed by atoms with Gasteiger partial charge in [0.1, 0.15) is 5.76 Å². The minimum Gasteiger partial charge on any atom is -0.406 e. The predicted octanol–water partition coefficient (Wildman–Crippen LogP) is 2.76. The summed E-state index contributed by atoms with van der Waals surface area (Å²) >= 11 is 0. The molecule has 6 nitrogen and oxygen atoms in total. The largest absolute Gasteiger partial charge is 0.573 e. The fourth-order valence-electron chi connectivity index (χ4n) is 1.60. The molecule has 0 aromatic heterocycles. The van der Waals surface area contributed by atoms with Crippen LogP contribution in [0.1, 0.15) is 33.1 Å². The Bertz CT molecular complexity index is 611. The molecule has 0 rings (SSSR count). The number of hydrogen-bond acceptors (Lipinski definition) is 4. The van der Waals surface area contributed by atoms with E-state index < -0.39 is 27.4 Å². The highest BCUT2D eigenvalue weighted by molar-refractivity contribution is 7.90. The SMILES string of the molecule is C=C/C=C(\C=C/CNC(=O)CCCCNS(=O)(=O)C(C)C)OC(F)(F)F. The molecular weight excluding hydrogens is 373 g/mol.